The highest BCUT2D eigenvalue weighted by molar-refractivity contribution is 5.62. The van der Waals surface area contributed by atoms with Gasteiger partial charge in [0.1, 0.15) is 0 Å². The number of anilines is 1. The van der Waals surface area contributed by atoms with Gasteiger partial charge in [0.2, 0.25) is 0 Å². The summed E-state index contributed by atoms with van der Waals surface area (Å²) in [6, 6.07) is 8.95. The van der Waals surface area contributed by atoms with Crippen LogP contribution in [0.5, 0.6) is 0 Å². The van der Waals surface area contributed by atoms with Crippen LogP contribution in [-0.4, -0.2) is 13.6 Å². The van der Waals surface area contributed by atoms with Crippen LogP contribution in [0.1, 0.15) is 45.1 Å². The van der Waals surface area contributed by atoms with Gasteiger partial charge in [-0.15, -0.1) is 0 Å². The van der Waals surface area contributed by atoms with Crippen LogP contribution >= 0.6 is 0 Å². The van der Waals surface area contributed by atoms with Crippen LogP contribution in [0.15, 0.2) is 24.3 Å². The molecule has 1 heterocycles. The largest absolute Gasteiger partial charge is 0.373 e. The van der Waals surface area contributed by atoms with Crippen molar-refractivity contribution < 1.29 is 0 Å². The number of nitrogens with zero attached hydrogens (tertiary/aromatic N) is 1. The van der Waals surface area contributed by atoms with E-state index >= 15 is 0 Å². The number of fused-ring (bicyclic) bond motifs is 2. The molecule has 2 aliphatic rings. The minimum Gasteiger partial charge on any atom is -0.373 e. The molecule has 1 saturated carbocycles. The smallest absolute Gasteiger partial charge is 0.0402 e. The molecule has 0 bridgehead atoms. The summed E-state index contributed by atoms with van der Waals surface area (Å²) < 4.78 is 0. The predicted molar refractivity (Wildman–Crippen MR) is 71.2 cm³/mol. The topological polar surface area (TPSA) is 3.24 Å². The van der Waals surface area contributed by atoms with E-state index in [0.717, 1.165) is 0 Å². The van der Waals surface area contributed by atoms with Crippen molar-refractivity contribution in [2.24, 2.45) is 0 Å². The third-order valence-corrected chi connectivity index (χ3v) is 3.99. The lowest BCUT2D eigenvalue weighted by atomic mass is 9.81. The number of para-hydroxylation sites is 1. The Morgan fingerprint density at radius 2 is 1.69 bits per heavy atom. The molecule has 1 aliphatic carbocycles. The zero-order valence-corrected chi connectivity index (χ0v) is 10.8. The van der Waals surface area contributed by atoms with E-state index in [2.05, 4.69) is 36.2 Å². The van der Waals surface area contributed by atoms with Crippen LogP contribution in [0.25, 0.3) is 0 Å². The third-order valence-electron chi connectivity index (χ3n) is 3.99. The Morgan fingerprint density at radius 1 is 1.06 bits per heavy atom. The van der Waals surface area contributed by atoms with Crippen LogP contribution in [0, 0.1) is 0 Å². The van der Waals surface area contributed by atoms with E-state index in [-0.39, 0.29) is 0 Å². The van der Waals surface area contributed by atoms with Crippen LogP contribution < -0.4 is 4.90 Å². The quantitative estimate of drug-likeness (QED) is 0.635. The molecule has 0 unspecified atom stereocenters. The first-order valence-corrected chi connectivity index (χ1v) is 6.63. The van der Waals surface area contributed by atoms with Gasteiger partial charge in [0.05, 0.1) is 0 Å². The summed E-state index contributed by atoms with van der Waals surface area (Å²) in [6.07, 6.45) is 5.63. The minimum atomic E-state index is 0.519. The highest BCUT2D eigenvalue weighted by atomic mass is 15.1. The maximum Gasteiger partial charge on any atom is 0.0402 e. The maximum atomic E-state index is 2.43. The van der Waals surface area contributed by atoms with E-state index in [0.29, 0.717) is 5.41 Å². The molecule has 1 fully saturated rings. The molecule has 0 saturated heterocycles. The predicted octanol–water partition coefficient (Wildman–Crippen LogP) is 3.97. The van der Waals surface area contributed by atoms with Crippen molar-refractivity contribution in [1.82, 2.24) is 0 Å². The molecule has 16 heavy (non-hydrogen) atoms. The fourth-order valence-corrected chi connectivity index (χ4v) is 3.36. The molecule has 1 aliphatic heterocycles. The van der Waals surface area contributed by atoms with E-state index in [1.807, 2.05) is 13.8 Å². The van der Waals surface area contributed by atoms with Crippen LogP contribution in [-0.2, 0) is 5.41 Å². The number of benzene rings is 1. The van der Waals surface area contributed by atoms with Crippen molar-refractivity contribution in [2.45, 2.75) is 44.9 Å². The maximum absolute atomic E-state index is 2.43. The van der Waals surface area contributed by atoms with Gasteiger partial charge >= 0.3 is 0 Å². The van der Waals surface area contributed by atoms with Gasteiger partial charge in [0.15, 0.2) is 0 Å². The van der Waals surface area contributed by atoms with Crippen molar-refractivity contribution in [2.75, 3.05) is 18.5 Å². The third kappa shape index (κ3) is 1.63. The Balaban J connectivity index is 0.000000457. The summed E-state index contributed by atoms with van der Waals surface area (Å²) in [5.41, 5.74) is 3.60. The van der Waals surface area contributed by atoms with Gasteiger partial charge in [-0.25, -0.2) is 0 Å². The monoisotopic (exact) mass is 217 g/mol. The Kier molecular flexibility index (Phi) is 3.22. The molecule has 0 N–H and O–H groups in total. The molecule has 1 aromatic rings. The summed E-state index contributed by atoms with van der Waals surface area (Å²) in [7, 11) is 2.23. The van der Waals surface area contributed by atoms with Crippen molar-refractivity contribution in [3.05, 3.63) is 29.8 Å². The van der Waals surface area contributed by atoms with Gasteiger partial charge < -0.3 is 4.90 Å². The number of hydrogen-bond acceptors (Lipinski definition) is 1. The second kappa shape index (κ2) is 4.48. The van der Waals surface area contributed by atoms with Gasteiger partial charge in [-0.2, -0.15) is 0 Å². The normalized spacial score (nSPS) is 20.6. The SMILES string of the molecule is CC.CN1CC2(CCCC2)c2ccccc21. The van der Waals surface area contributed by atoms with E-state index in [9.17, 15) is 0 Å². The van der Waals surface area contributed by atoms with E-state index in [1.165, 1.54) is 37.9 Å². The zero-order chi connectivity index (χ0) is 11.6. The van der Waals surface area contributed by atoms with Crippen molar-refractivity contribution in [3.63, 3.8) is 0 Å². The van der Waals surface area contributed by atoms with Gasteiger partial charge in [-0.1, -0.05) is 44.9 Å². The number of likely N-dealkylation sites (N-methyl/N-ethyl adjacent to an activating group) is 1. The average Bonchev–Trinajstić information content (AvgIpc) is 2.91. The number of hydrogen-bond donors (Lipinski definition) is 0. The van der Waals surface area contributed by atoms with E-state index in [1.54, 1.807) is 5.56 Å². The molecule has 1 aromatic carbocycles. The first-order chi connectivity index (χ1) is 7.82. The van der Waals surface area contributed by atoms with Crippen LogP contribution in [0.4, 0.5) is 5.69 Å². The Morgan fingerprint density at radius 3 is 2.38 bits per heavy atom. The fourth-order valence-electron chi connectivity index (χ4n) is 3.36. The van der Waals surface area contributed by atoms with Gasteiger partial charge in [0, 0.05) is 24.7 Å². The Bertz CT molecular complexity index is 350. The molecule has 0 amide bonds. The van der Waals surface area contributed by atoms with Crippen molar-refractivity contribution in [1.29, 1.82) is 0 Å². The van der Waals surface area contributed by atoms with Crippen molar-refractivity contribution in [3.8, 4) is 0 Å². The minimum absolute atomic E-state index is 0.519. The first-order valence-electron chi connectivity index (χ1n) is 6.63. The second-order valence-electron chi connectivity index (χ2n) is 4.86. The summed E-state index contributed by atoms with van der Waals surface area (Å²) in [6.45, 7) is 5.24. The Hall–Kier alpha value is -0.980. The lowest BCUT2D eigenvalue weighted by Gasteiger charge is -2.23. The summed E-state index contributed by atoms with van der Waals surface area (Å²) in [5, 5.41) is 0. The summed E-state index contributed by atoms with van der Waals surface area (Å²) in [5.74, 6) is 0. The lowest BCUT2D eigenvalue weighted by Crippen LogP contribution is -2.28. The van der Waals surface area contributed by atoms with Gasteiger partial charge in [0.25, 0.3) is 0 Å². The molecule has 0 atom stereocenters. The van der Waals surface area contributed by atoms with Crippen LogP contribution in [0.2, 0.25) is 0 Å². The molecule has 1 spiro atoms. The van der Waals surface area contributed by atoms with E-state index < -0.39 is 0 Å². The summed E-state index contributed by atoms with van der Waals surface area (Å²) >= 11 is 0. The highest BCUT2D eigenvalue weighted by Crippen LogP contribution is 2.49. The molecular weight excluding hydrogens is 194 g/mol. The molecule has 1 heteroatoms. The molecule has 3 rings (SSSR count). The van der Waals surface area contributed by atoms with Crippen molar-refractivity contribution >= 4 is 5.69 Å². The fraction of sp³-hybridized carbons (Fsp3) is 0.600. The average molecular weight is 217 g/mol. The van der Waals surface area contributed by atoms with Gasteiger partial charge in [-0.3, -0.25) is 0 Å². The molecular formula is C15H23N. The lowest BCUT2D eigenvalue weighted by molar-refractivity contribution is 0.473. The van der Waals surface area contributed by atoms with Gasteiger partial charge in [-0.05, 0) is 24.5 Å². The second-order valence-corrected chi connectivity index (χ2v) is 4.86. The highest BCUT2D eigenvalue weighted by Gasteiger charge is 2.42. The number of rotatable bonds is 0. The molecule has 0 radical (unpaired) electrons. The standard InChI is InChI=1S/C13H17N.C2H6/c1-14-10-13(8-4-5-9-13)11-6-2-3-7-12(11)14;1-2/h2-3,6-7H,4-5,8-10H2,1H3;1-2H3. The molecule has 1 nitrogen and oxygen atoms in total. The molecule has 88 valence electrons. The van der Waals surface area contributed by atoms with Crippen LogP contribution in [0.3, 0.4) is 0 Å². The zero-order valence-electron chi connectivity index (χ0n) is 10.8. The van der Waals surface area contributed by atoms with E-state index in [4.69, 9.17) is 0 Å². The Labute approximate surface area is 99.5 Å². The molecule has 0 aromatic heterocycles. The first kappa shape index (κ1) is 11.5. The summed E-state index contributed by atoms with van der Waals surface area (Å²) in [4.78, 5) is 2.43.